The molecule has 9 heteroatoms. The smallest absolute Gasteiger partial charge is 0.315 e. The molecule has 5 saturated heterocycles. The minimum Gasteiger partial charge on any atom is -0.315 e. The minimum absolute atomic E-state index is 0.0791. The highest BCUT2D eigenvalue weighted by atomic mass is 16.2. The van der Waals surface area contributed by atoms with Crippen LogP contribution in [-0.2, 0) is 9.59 Å². The molecule has 130 valence electrons. The Morgan fingerprint density at radius 1 is 1.08 bits per heavy atom. The first kappa shape index (κ1) is 15.4. The topological polar surface area (TPSA) is 93.3 Å². The van der Waals surface area contributed by atoms with Crippen LogP contribution in [0.5, 0.6) is 0 Å². The van der Waals surface area contributed by atoms with Crippen molar-refractivity contribution in [2.75, 3.05) is 33.7 Å². The van der Waals surface area contributed by atoms with Crippen molar-refractivity contribution < 1.29 is 19.2 Å². The summed E-state index contributed by atoms with van der Waals surface area (Å²) in [5.41, 5.74) is 0. The first-order chi connectivity index (χ1) is 11.4. The Hall–Kier alpha value is -2.16. The van der Waals surface area contributed by atoms with E-state index in [-0.39, 0.29) is 24.3 Å². The standard InChI is InChI=1S/C15H21N5O4/c1-17-12-10(13(22)18(2)15(17)24)20(14(23)16-12)7-9-11(21)8-3-5-19(9)6-4-8/h8-10,12H,3-7H2,1-2H3,(H,16,23). The van der Waals surface area contributed by atoms with Crippen molar-refractivity contribution in [2.45, 2.75) is 31.1 Å². The predicted octanol–water partition coefficient (Wildman–Crippen LogP) is -1.11. The van der Waals surface area contributed by atoms with E-state index < -0.39 is 30.2 Å². The van der Waals surface area contributed by atoms with Gasteiger partial charge in [-0.1, -0.05) is 0 Å². The predicted molar refractivity (Wildman–Crippen MR) is 81.8 cm³/mol. The van der Waals surface area contributed by atoms with Crippen molar-refractivity contribution in [1.82, 2.24) is 24.9 Å². The molecule has 5 fully saturated rings. The number of imide groups is 1. The fourth-order valence-corrected chi connectivity index (χ4v) is 4.35. The molecule has 5 rings (SSSR count). The summed E-state index contributed by atoms with van der Waals surface area (Å²) in [5.74, 6) is -0.162. The zero-order valence-corrected chi connectivity index (χ0v) is 13.8. The van der Waals surface area contributed by atoms with Crippen LogP contribution in [0, 0.1) is 5.92 Å². The number of carbonyl (C=O) groups excluding carboxylic acids is 4. The number of nitrogens with one attached hydrogen (secondary N) is 1. The number of urea groups is 2. The third-order valence-corrected chi connectivity index (χ3v) is 5.83. The molecule has 3 atom stereocenters. The van der Waals surface area contributed by atoms with Crippen LogP contribution in [0.1, 0.15) is 12.8 Å². The lowest BCUT2D eigenvalue weighted by atomic mass is 9.82. The van der Waals surface area contributed by atoms with Gasteiger partial charge in [0.05, 0.1) is 6.04 Å². The lowest BCUT2D eigenvalue weighted by molar-refractivity contribution is -0.141. The highest BCUT2D eigenvalue weighted by Gasteiger charge is 2.54. The monoisotopic (exact) mass is 335 g/mol. The van der Waals surface area contributed by atoms with E-state index in [1.807, 2.05) is 0 Å². The maximum atomic E-state index is 12.5. The first-order valence-corrected chi connectivity index (χ1v) is 8.29. The number of hydrogen-bond donors (Lipinski definition) is 1. The summed E-state index contributed by atoms with van der Waals surface area (Å²) in [4.78, 5) is 55.5. The van der Waals surface area contributed by atoms with Crippen LogP contribution >= 0.6 is 0 Å². The number of Topliss-reactive ketones (excluding diaryl/α,β-unsaturated/α-hetero) is 1. The summed E-state index contributed by atoms with van der Waals surface area (Å²) in [5, 5.41) is 2.70. The molecule has 2 bridgehead atoms. The second-order valence-electron chi connectivity index (χ2n) is 7.01. The average molecular weight is 335 g/mol. The molecule has 0 spiro atoms. The summed E-state index contributed by atoms with van der Waals surface area (Å²) in [6.07, 6.45) is 1.08. The van der Waals surface area contributed by atoms with Gasteiger partial charge in [0.2, 0.25) is 0 Å². The molecule has 0 aromatic rings. The third kappa shape index (κ3) is 1.97. The van der Waals surface area contributed by atoms with Gasteiger partial charge < -0.3 is 15.1 Å². The highest BCUT2D eigenvalue weighted by molar-refractivity contribution is 6.03. The van der Waals surface area contributed by atoms with Gasteiger partial charge in [-0.05, 0) is 25.9 Å². The maximum absolute atomic E-state index is 12.5. The first-order valence-electron chi connectivity index (χ1n) is 8.29. The van der Waals surface area contributed by atoms with Gasteiger partial charge in [0.25, 0.3) is 5.91 Å². The Labute approximate surface area is 139 Å². The van der Waals surface area contributed by atoms with Gasteiger partial charge in [0.15, 0.2) is 11.8 Å². The molecule has 0 aromatic carbocycles. The van der Waals surface area contributed by atoms with Gasteiger partial charge in [-0.2, -0.15) is 0 Å². The zero-order valence-electron chi connectivity index (χ0n) is 13.8. The van der Waals surface area contributed by atoms with Crippen LogP contribution in [0.25, 0.3) is 0 Å². The van der Waals surface area contributed by atoms with E-state index in [0.717, 1.165) is 30.8 Å². The van der Waals surface area contributed by atoms with Crippen molar-refractivity contribution >= 4 is 23.8 Å². The minimum atomic E-state index is -0.778. The summed E-state index contributed by atoms with van der Waals surface area (Å²) in [6, 6.07) is -1.97. The Bertz CT molecular complexity index is 629. The summed E-state index contributed by atoms with van der Waals surface area (Å²) in [7, 11) is 2.97. The van der Waals surface area contributed by atoms with E-state index in [9.17, 15) is 19.2 Å². The molecule has 3 unspecified atom stereocenters. The lowest BCUT2D eigenvalue weighted by Crippen LogP contribution is -2.66. The number of piperidine rings is 3. The van der Waals surface area contributed by atoms with Gasteiger partial charge in [0.1, 0.15) is 6.17 Å². The molecule has 24 heavy (non-hydrogen) atoms. The molecule has 5 aliphatic rings. The number of carbonyl (C=O) groups is 4. The van der Waals surface area contributed by atoms with E-state index in [0.29, 0.717) is 0 Å². The summed E-state index contributed by atoms with van der Waals surface area (Å²) in [6.45, 7) is 1.91. The van der Waals surface area contributed by atoms with Crippen LogP contribution in [0.15, 0.2) is 0 Å². The van der Waals surface area contributed by atoms with Crippen molar-refractivity contribution in [3.8, 4) is 0 Å². The van der Waals surface area contributed by atoms with Crippen LogP contribution in [0.4, 0.5) is 9.59 Å². The number of rotatable bonds is 2. The highest BCUT2D eigenvalue weighted by Crippen LogP contribution is 2.31. The number of hydrogen-bond acceptors (Lipinski definition) is 5. The van der Waals surface area contributed by atoms with Crippen molar-refractivity contribution in [3.05, 3.63) is 0 Å². The molecule has 0 aromatic heterocycles. The van der Waals surface area contributed by atoms with E-state index in [1.54, 1.807) is 7.05 Å². The largest absolute Gasteiger partial charge is 0.327 e. The van der Waals surface area contributed by atoms with Crippen molar-refractivity contribution in [3.63, 3.8) is 0 Å². The van der Waals surface area contributed by atoms with E-state index in [1.165, 1.54) is 16.8 Å². The van der Waals surface area contributed by atoms with Crippen LogP contribution in [0.2, 0.25) is 0 Å². The SMILES string of the molecule is CN1C(=O)C2C(NC(=O)N2CC2C(=O)C3CCN2CC3)N(C)C1=O. The summed E-state index contributed by atoms with van der Waals surface area (Å²) < 4.78 is 0. The number of ketones is 1. The normalized spacial score (nSPS) is 38.8. The number of nitrogens with zero attached hydrogens (tertiary/aromatic N) is 4. The Balaban J connectivity index is 1.59. The fourth-order valence-electron chi connectivity index (χ4n) is 4.35. The summed E-state index contributed by atoms with van der Waals surface area (Å²) >= 11 is 0. The molecular formula is C15H21N5O4. The maximum Gasteiger partial charge on any atom is 0.327 e. The molecule has 1 N–H and O–H groups in total. The molecule has 0 radical (unpaired) electrons. The van der Waals surface area contributed by atoms with Gasteiger partial charge >= 0.3 is 12.1 Å². The molecule has 0 aliphatic carbocycles. The fraction of sp³-hybridized carbons (Fsp3) is 0.733. The average Bonchev–Trinajstić information content (AvgIpc) is 2.91. The molecule has 5 amide bonds. The van der Waals surface area contributed by atoms with Crippen molar-refractivity contribution in [1.29, 1.82) is 0 Å². The van der Waals surface area contributed by atoms with Gasteiger partial charge in [-0.3, -0.25) is 19.4 Å². The zero-order chi connectivity index (χ0) is 17.2. The second-order valence-corrected chi connectivity index (χ2v) is 7.01. The number of amides is 5. The van der Waals surface area contributed by atoms with Crippen molar-refractivity contribution in [2.24, 2.45) is 5.92 Å². The quantitative estimate of drug-likeness (QED) is 0.691. The Morgan fingerprint density at radius 3 is 2.38 bits per heavy atom. The molecule has 5 aliphatic heterocycles. The van der Waals surface area contributed by atoms with E-state index >= 15 is 0 Å². The number of likely N-dealkylation sites (N-methyl/N-ethyl adjacent to an activating group) is 2. The van der Waals surface area contributed by atoms with Crippen LogP contribution in [0.3, 0.4) is 0 Å². The van der Waals surface area contributed by atoms with Crippen LogP contribution in [-0.4, -0.2) is 95.3 Å². The van der Waals surface area contributed by atoms with E-state index in [4.69, 9.17) is 0 Å². The third-order valence-electron chi connectivity index (χ3n) is 5.83. The Kier molecular flexibility index (Phi) is 3.31. The lowest BCUT2D eigenvalue weighted by Gasteiger charge is -2.46. The second kappa shape index (κ2) is 5.17. The van der Waals surface area contributed by atoms with E-state index in [2.05, 4.69) is 10.2 Å². The van der Waals surface area contributed by atoms with Gasteiger partial charge in [0, 0.05) is 26.6 Å². The molecular weight excluding hydrogens is 314 g/mol. The van der Waals surface area contributed by atoms with Gasteiger partial charge in [-0.15, -0.1) is 0 Å². The van der Waals surface area contributed by atoms with Gasteiger partial charge in [-0.25, -0.2) is 9.59 Å². The molecule has 0 saturated carbocycles. The number of fused-ring (bicyclic) bond motifs is 4. The molecule has 5 heterocycles. The Morgan fingerprint density at radius 2 is 1.75 bits per heavy atom. The van der Waals surface area contributed by atoms with Crippen LogP contribution < -0.4 is 5.32 Å². The molecule has 9 nitrogen and oxygen atoms in total.